The first-order valence-corrected chi connectivity index (χ1v) is 10.6. The molecule has 30 heavy (non-hydrogen) atoms. The Morgan fingerprint density at radius 1 is 1.03 bits per heavy atom. The van der Waals surface area contributed by atoms with E-state index < -0.39 is 11.5 Å². The van der Waals surface area contributed by atoms with E-state index in [0.717, 1.165) is 16.0 Å². The van der Waals surface area contributed by atoms with Gasteiger partial charge in [0.05, 0.1) is 12.0 Å². The minimum absolute atomic E-state index is 0.240. The van der Waals surface area contributed by atoms with Gasteiger partial charge in [0.25, 0.3) is 5.56 Å². The molecule has 0 radical (unpaired) electrons. The molecule has 0 aliphatic heterocycles. The summed E-state index contributed by atoms with van der Waals surface area (Å²) in [7, 11) is 0. The van der Waals surface area contributed by atoms with Crippen molar-refractivity contribution in [3.8, 4) is 21.8 Å². The molecule has 0 saturated heterocycles. The molecule has 152 valence electrons. The minimum atomic E-state index is -1.21. The van der Waals surface area contributed by atoms with Crippen LogP contribution in [0.15, 0.2) is 71.5 Å². The fraction of sp³-hybridized carbons (Fsp3) is 0.208. The van der Waals surface area contributed by atoms with Gasteiger partial charge in [0.2, 0.25) is 0 Å². The Labute approximate surface area is 178 Å². The Bertz CT molecular complexity index is 1260. The van der Waals surface area contributed by atoms with Crippen LogP contribution >= 0.6 is 11.3 Å². The van der Waals surface area contributed by atoms with E-state index in [1.54, 1.807) is 20.8 Å². The van der Waals surface area contributed by atoms with Crippen LogP contribution in [0.3, 0.4) is 0 Å². The van der Waals surface area contributed by atoms with E-state index in [4.69, 9.17) is 9.72 Å². The van der Waals surface area contributed by atoms with Gasteiger partial charge in [-0.1, -0.05) is 60.7 Å². The van der Waals surface area contributed by atoms with Crippen LogP contribution in [0.25, 0.3) is 32.0 Å². The number of carbonyl (C=O) groups is 1. The van der Waals surface area contributed by atoms with E-state index in [1.165, 1.54) is 15.9 Å². The topological polar surface area (TPSA) is 61.2 Å². The zero-order valence-corrected chi connectivity index (χ0v) is 17.9. The number of hydrogen-bond donors (Lipinski definition) is 0. The van der Waals surface area contributed by atoms with Crippen molar-refractivity contribution in [2.45, 2.75) is 26.3 Å². The number of aromatic nitrogens is 2. The molecular weight excluding hydrogens is 396 g/mol. The van der Waals surface area contributed by atoms with Crippen LogP contribution in [-0.2, 0) is 15.1 Å². The summed E-state index contributed by atoms with van der Waals surface area (Å²) in [6.07, 6.45) is 0. The Balaban J connectivity index is 2.02. The lowest BCUT2D eigenvalue weighted by Gasteiger charge is -2.27. The molecular formula is C24H22N2O3S. The first-order chi connectivity index (χ1) is 14.4. The van der Waals surface area contributed by atoms with Crippen LogP contribution in [0.2, 0.25) is 0 Å². The average Bonchev–Trinajstić information content (AvgIpc) is 3.19. The molecule has 0 amide bonds. The fourth-order valence-electron chi connectivity index (χ4n) is 3.42. The molecule has 0 saturated carbocycles. The summed E-state index contributed by atoms with van der Waals surface area (Å²) >= 11 is 1.47. The van der Waals surface area contributed by atoms with Gasteiger partial charge in [-0.05, 0) is 32.4 Å². The van der Waals surface area contributed by atoms with E-state index in [1.807, 2.05) is 66.7 Å². The van der Waals surface area contributed by atoms with Gasteiger partial charge in [-0.15, -0.1) is 11.3 Å². The lowest BCUT2D eigenvalue weighted by molar-refractivity contribution is -0.152. The summed E-state index contributed by atoms with van der Waals surface area (Å²) in [4.78, 5) is 32.8. The summed E-state index contributed by atoms with van der Waals surface area (Å²) in [5.41, 5.74) is 0.324. The first-order valence-electron chi connectivity index (χ1n) is 9.78. The molecule has 0 aliphatic carbocycles. The van der Waals surface area contributed by atoms with Gasteiger partial charge in [0.1, 0.15) is 16.2 Å². The number of hydrogen-bond acceptors (Lipinski definition) is 5. The summed E-state index contributed by atoms with van der Waals surface area (Å²) < 4.78 is 6.73. The Morgan fingerprint density at radius 3 is 2.23 bits per heavy atom. The lowest BCUT2D eigenvalue weighted by Crippen LogP contribution is -2.45. The average molecular weight is 419 g/mol. The maximum atomic E-state index is 13.6. The maximum absolute atomic E-state index is 13.6. The highest BCUT2D eigenvalue weighted by Gasteiger charge is 2.36. The molecule has 4 rings (SSSR count). The predicted molar refractivity (Wildman–Crippen MR) is 121 cm³/mol. The van der Waals surface area contributed by atoms with Gasteiger partial charge >= 0.3 is 5.97 Å². The van der Waals surface area contributed by atoms with Crippen molar-refractivity contribution in [3.05, 3.63) is 77.1 Å². The van der Waals surface area contributed by atoms with Crippen LogP contribution in [-0.4, -0.2) is 22.1 Å². The maximum Gasteiger partial charge on any atom is 0.331 e. The van der Waals surface area contributed by atoms with Gasteiger partial charge in [-0.2, -0.15) is 0 Å². The first kappa shape index (κ1) is 20.0. The SMILES string of the molecule is CCOC(=O)C(C)(C)n1c(-c2ccccc2)nc2sc(-c3ccccc3)cc2c1=O. The standard InChI is InChI=1S/C24H22N2O3S/c1-4-29-23(28)24(2,3)26-20(17-13-9-6-10-14-17)25-21-18(22(26)27)15-19(30-21)16-11-7-5-8-12-16/h5-15H,4H2,1-3H3. The van der Waals surface area contributed by atoms with Gasteiger partial charge in [0.15, 0.2) is 0 Å². The van der Waals surface area contributed by atoms with E-state index >= 15 is 0 Å². The van der Waals surface area contributed by atoms with Gasteiger partial charge in [0, 0.05) is 10.4 Å². The van der Waals surface area contributed by atoms with Gasteiger partial charge in [-0.3, -0.25) is 9.36 Å². The summed E-state index contributed by atoms with van der Waals surface area (Å²) in [5.74, 6) is -0.0171. The number of rotatable bonds is 5. The molecule has 2 aromatic carbocycles. The van der Waals surface area contributed by atoms with Crippen LogP contribution in [0.1, 0.15) is 20.8 Å². The van der Waals surface area contributed by atoms with Crippen LogP contribution in [0, 0.1) is 0 Å². The highest BCUT2D eigenvalue weighted by atomic mass is 32.1. The minimum Gasteiger partial charge on any atom is -0.464 e. The number of nitrogens with zero attached hydrogens (tertiary/aromatic N) is 2. The molecule has 0 bridgehead atoms. The van der Waals surface area contributed by atoms with E-state index in [-0.39, 0.29) is 12.2 Å². The van der Waals surface area contributed by atoms with Crippen molar-refractivity contribution >= 4 is 27.5 Å². The van der Waals surface area contributed by atoms with Crippen LogP contribution in [0.4, 0.5) is 0 Å². The van der Waals surface area contributed by atoms with Crippen LogP contribution < -0.4 is 5.56 Å². The number of esters is 1. The molecule has 0 fully saturated rings. The normalized spacial score (nSPS) is 11.6. The van der Waals surface area contributed by atoms with Crippen molar-refractivity contribution in [3.63, 3.8) is 0 Å². The summed E-state index contributed by atoms with van der Waals surface area (Å²) in [6, 6.07) is 21.2. The van der Waals surface area contributed by atoms with Gasteiger partial charge in [-0.25, -0.2) is 9.78 Å². The number of thiophene rings is 1. The summed E-state index contributed by atoms with van der Waals surface area (Å²) in [5, 5.41) is 0.496. The number of ether oxygens (including phenoxy) is 1. The zero-order chi connectivity index (χ0) is 21.3. The highest BCUT2D eigenvalue weighted by Crippen LogP contribution is 2.33. The quantitative estimate of drug-likeness (QED) is 0.424. The second kappa shape index (κ2) is 7.88. The lowest BCUT2D eigenvalue weighted by atomic mass is 10.0. The second-order valence-corrected chi connectivity index (χ2v) is 8.45. The number of carbonyl (C=O) groups excluding carboxylic acids is 1. The van der Waals surface area contributed by atoms with Crippen molar-refractivity contribution in [2.24, 2.45) is 0 Å². The largest absolute Gasteiger partial charge is 0.464 e. The van der Waals surface area contributed by atoms with E-state index in [0.29, 0.717) is 16.0 Å². The molecule has 0 aliphatic rings. The Morgan fingerprint density at radius 2 is 1.63 bits per heavy atom. The van der Waals surface area contributed by atoms with Crippen molar-refractivity contribution in [2.75, 3.05) is 6.61 Å². The molecule has 0 N–H and O–H groups in total. The molecule has 2 aromatic heterocycles. The monoisotopic (exact) mass is 418 g/mol. The predicted octanol–water partition coefficient (Wildman–Crippen LogP) is 5.09. The third-order valence-electron chi connectivity index (χ3n) is 4.99. The van der Waals surface area contributed by atoms with E-state index in [9.17, 15) is 9.59 Å². The van der Waals surface area contributed by atoms with E-state index in [2.05, 4.69) is 0 Å². The molecule has 0 unspecified atom stereocenters. The zero-order valence-electron chi connectivity index (χ0n) is 17.1. The molecule has 5 nitrogen and oxygen atoms in total. The second-order valence-electron chi connectivity index (χ2n) is 7.42. The van der Waals surface area contributed by atoms with Crippen molar-refractivity contribution in [1.29, 1.82) is 0 Å². The molecule has 4 aromatic rings. The number of fused-ring (bicyclic) bond motifs is 1. The Kier molecular flexibility index (Phi) is 5.26. The molecule has 0 atom stereocenters. The third-order valence-corrected chi connectivity index (χ3v) is 6.07. The van der Waals surface area contributed by atoms with Crippen molar-refractivity contribution in [1.82, 2.24) is 9.55 Å². The van der Waals surface area contributed by atoms with Crippen LogP contribution in [0.5, 0.6) is 0 Å². The molecule has 0 spiro atoms. The molecule has 6 heteroatoms. The third kappa shape index (κ3) is 3.44. The Hall–Kier alpha value is -3.25. The highest BCUT2D eigenvalue weighted by molar-refractivity contribution is 7.21. The number of benzene rings is 2. The summed E-state index contributed by atoms with van der Waals surface area (Å²) in [6.45, 7) is 5.37. The molecule has 2 heterocycles. The fourth-order valence-corrected chi connectivity index (χ4v) is 4.45. The van der Waals surface area contributed by atoms with Gasteiger partial charge < -0.3 is 4.74 Å². The smallest absolute Gasteiger partial charge is 0.331 e. The van der Waals surface area contributed by atoms with Crippen molar-refractivity contribution < 1.29 is 9.53 Å².